The fourth-order valence-corrected chi connectivity index (χ4v) is 2.86. The Bertz CT molecular complexity index is 789. The van der Waals surface area contributed by atoms with Gasteiger partial charge in [-0.2, -0.15) is 0 Å². The van der Waals surface area contributed by atoms with Crippen LogP contribution in [0.15, 0.2) is 40.8 Å². The molecule has 1 N–H and O–H groups in total. The Balaban J connectivity index is 1.90. The monoisotopic (exact) mass is 264 g/mol. The van der Waals surface area contributed by atoms with E-state index in [1.54, 1.807) is 0 Å². The standard InChI is InChI=1S/C17H16N2O/c1-11-7-8-16-15(10-11)19-17(20-16)13-4-2-6-14-12(13)5-3-9-18-14/h2,4,6-8,10,18H,3,5,9H2,1H3. The SMILES string of the molecule is Cc1ccc2oc(-c3cccc4c3CCCN4)nc2c1. The molecule has 0 bridgehead atoms. The molecule has 0 spiro atoms. The zero-order valence-electron chi connectivity index (χ0n) is 11.4. The van der Waals surface area contributed by atoms with Crippen LogP contribution in [0.5, 0.6) is 0 Å². The van der Waals surface area contributed by atoms with Crippen molar-refractivity contribution in [1.82, 2.24) is 4.98 Å². The predicted molar refractivity (Wildman–Crippen MR) is 81.0 cm³/mol. The summed E-state index contributed by atoms with van der Waals surface area (Å²) in [5.74, 6) is 0.728. The minimum atomic E-state index is 0.728. The van der Waals surface area contributed by atoms with Gasteiger partial charge in [-0.25, -0.2) is 4.98 Å². The number of nitrogens with one attached hydrogen (secondary N) is 1. The molecule has 0 fully saturated rings. The summed E-state index contributed by atoms with van der Waals surface area (Å²) in [7, 11) is 0. The highest BCUT2D eigenvalue weighted by Gasteiger charge is 2.17. The third-order valence-corrected chi connectivity index (χ3v) is 3.87. The number of rotatable bonds is 1. The molecule has 4 rings (SSSR count). The lowest BCUT2D eigenvalue weighted by Crippen LogP contribution is -2.12. The zero-order chi connectivity index (χ0) is 13.5. The minimum absolute atomic E-state index is 0.728. The van der Waals surface area contributed by atoms with Crippen molar-refractivity contribution in [3.8, 4) is 11.5 Å². The van der Waals surface area contributed by atoms with Gasteiger partial charge in [0.15, 0.2) is 5.58 Å². The number of fused-ring (bicyclic) bond motifs is 2. The summed E-state index contributed by atoms with van der Waals surface area (Å²) < 4.78 is 5.94. The molecule has 0 saturated carbocycles. The van der Waals surface area contributed by atoms with E-state index in [1.165, 1.54) is 16.8 Å². The van der Waals surface area contributed by atoms with Gasteiger partial charge in [-0.3, -0.25) is 0 Å². The van der Waals surface area contributed by atoms with Crippen molar-refractivity contribution in [3.63, 3.8) is 0 Å². The van der Waals surface area contributed by atoms with E-state index in [-0.39, 0.29) is 0 Å². The molecule has 0 unspecified atom stereocenters. The van der Waals surface area contributed by atoms with E-state index in [2.05, 4.69) is 47.6 Å². The molecular formula is C17H16N2O. The van der Waals surface area contributed by atoms with Crippen molar-refractivity contribution in [2.75, 3.05) is 11.9 Å². The van der Waals surface area contributed by atoms with Crippen LogP contribution in [-0.4, -0.2) is 11.5 Å². The van der Waals surface area contributed by atoms with E-state index < -0.39 is 0 Å². The second-order valence-corrected chi connectivity index (χ2v) is 5.35. The molecule has 20 heavy (non-hydrogen) atoms. The zero-order valence-corrected chi connectivity index (χ0v) is 11.4. The number of aromatic nitrogens is 1. The lowest BCUT2D eigenvalue weighted by molar-refractivity contribution is 0.618. The van der Waals surface area contributed by atoms with Crippen LogP contribution in [-0.2, 0) is 6.42 Å². The van der Waals surface area contributed by atoms with Crippen LogP contribution < -0.4 is 5.32 Å². The fraction of sp³-hybridized carbons (Fsp3) is 0.235. The van der Waals surface area contributed by atoms with Gasteiger partial charge in [-0.05, 0) is 55.2 Å². The van der Waals surface area contributed by atoms with E-state index >= 15 is 0 Å². The summed E-state index contributed by atoms with van der Waals surface area (Å²) in [6.45, 7) is 3.12. The third kappa shape index (κ3) is 1.78. The maximum absolute atomic E-state index is 5.94. The van der Waals surface area contributed by atoms with Gasteiger partial charge in [0.2, 0.25) is 5.89 Å². The third-order valence-electron chi connectivity index (χ3n) is 3.87. The molecular weight excluding hydrogens is 248 g/mol. The Morgan fingerprint density at radius 1 is 1.20 bits per heavy atom. The molecule has 2 heterocycles. The predicted octanol–water partition coefficient (Wildman–Crippen LogP) is 4.16. The van der Waals surface area contributed by atoms with Gasteiger partial charge < -0.3 is 9.73 Å². The first-order valence-corrected chi connectivity index (χ1v) is 7.04. The summed E-state index contributed by atoms with van der Waals surface area (Å²) in [5.41, 5.74) is 6.64. The van der Waals surface area contributed by atoms with Gasteiger partial charge >= 0.3 is 0 Å². The molecule has 0 saturated heterocycles. The number of aryl methyl sites for hydroxylation is 1. The Labute approximate surface area is 117 Å². The molecule has 0 radical (unpaired) electrons. The molecule has 0 amide bonds. The minimum Gasteiger partial charge on any atom is -0.436 e. The summed E-state index contributed by atoms with van der Waals surface area (Å²) in [6, 6.07) is 12.4. The Morgan fingerprint density at radius 3 is 3.10 bits per heavy atom. The first kappa shape index (κ1) is 11.5. The molecule has 0 atom stereocenters. The second-order valence-electron chi connectivity index (χ2n) is 5.35. The molecule has 1 aromatic heterocycles. The fourth-order valence-electron chi connectivity index (χ4n) is 2.86. The van der Waals surface area contributed by atoms with Crippen LogP contribution in [0.25, 0.3) is 22.6 Å². The van der Waals surface area contributed by atoms with E-state index in [0.717, 1.165) is 41.9 Å². The quantitative estimate of drug-likeness (QED) is 0.717. The largest absolute Gasteiger partial charge is 0.436 e. The van der Waals surface area contributed by atoms with Gasteiger partial charge in [0.05, 0.1) is 0 Å². The first-order chi connectivity index (χ1) is 9.81. The number of oxazole rings is 1. The summed E-state index contributed by atoms with van der Waals surface area (Å²) >= 11 is 0. The van der Waals surface area contributed by atoms with Crippen LogP contribution in [0.3, 0.4) is 0 Å². The lowest BCUT2D eigenvalue weighted by atomic mass is 9.97. The van der Waals surface area contributed by atoms with E-state index in [1.807, 2.05) is 6.07 Å². The van der Waals surface area contributed by atoms with Crippen LogP contribution in [0.1, 0.15) is 17.5 Å². The molecule has 0 aliphatic carbocycles. The average Bonchev–Trinajstić information content (AvgIpc) is 2.89. The normalized spacial score (nSPS) is 14.1. The number of benzene rings is 2. The average molecular weight is 264 g/mol. The van der Waals surface area contributed by atoms with Crippen LogP contribution >= 0.6 is 0 Å². The van der Waals surface area contributed by atoms with Gasteiger partial charge in [0, 0.05) is 17.8 Å². The van der Waals surface area contributed by atoms with E-state index in [0.29, 0.717) is 0 Å². The van der Waals surface area contributed by atoms with E-state index in [4.69, 9.17) is 4.42 Å². The van der Waals surface area contributed by atoms with Gasteiger partial charge in [-0.15, -0.1) is 0 Å². The van der Waals surface area contributed by atoms with Gasteiger partial charge in [-0.1, -0.05) is 12.1 Å². The highest BCUT2D eigenvalue weighted by molar-refractivity contribution is 5.79. The Morgan fingerprint density at radius 2 is 2.15 bits per heavy atom. The molecule has 100 valence electrons. The Kier molecular flexibility index (Phi) is 2.52. The number of nitrogens with zero attached hydrogens (tertiary/aromatic N) is 1. The van der Waals surface area contributed by atoms with Crippen molar-refractivity contribution in [2.45, 2.75) is 19.8 Å². The topological polar surface area (TPSA) is 38.1 Å². The molecule has 2 aromatic carbocycles. The highest BCUT2D eigenvalue weighted by atomic mass is 16.3. The molecule has 1 aliphatic rings. The molecule has 3 aromatic rings. The van der Waals surface area contributed by atoms with Crippen molar-refractivity contribution in [1.29, 1.82) is 0 Å². The number of anilines is 1. The molecule has 3 heteroatoms. The highest BCUT2D eigenvalue weighted by Crippen LogP contribution is 2.33. The van der Waals surface area contributed by atoms with Gasteiger partial charge in [0.1, 0.15) is 5.52 Å². The summed E-state index contributed by atoms with van der Waals surface area (Å²) in [4.78, 5) is 4.66. The van der Waals surface area contributed by atoms with Crippen LogP contribution in [0.4, 0.5) is 5.69 Å². The van der Waals surface area contributed by atoms with Crippen LogP contribution in [0.2, 0.25) is 0 Å². The summed E-state index contributed by atoms with van der Waals surface area (Å²) in [5, 5.41) is 3.45. The van der Waals surface area contributed by atoms with Crippen LogP contribution in [0, 0.1) is 6.92 Å². The Hall–Kier alpha value is -2.29. The maximum Gasteiger partial charge on any atom is 0.227 e. The van der Waals surface area contributed by atoms with Gasteiger partial charge in [0.25, 0.3) is 0 Å². The molecule has 1 aliphatic heterocycles. The number of hydrogen-bond donors (Lipinski definition) is 1. The van der Waals surface area contributed by atoms with Crippen molar-refractivity contribution < 1.29 is 4.42 Å². The first-order valence-electron chi connectivity index (χ1n) is 7.04. The van der Waals surface area contributed by atoms with Crippen molar-refractivity contribution >= 4 is 16.8 Å². The molecule has 3 nitrogen and oxygen atoms in total. The summed E-state index contributed by atoms with van der Waals surface area (Å²) in [6.07, 6.45) is 2.24. The van der Waals surface area contributed by atoms with Crippen molar-refractivity contribution in [3.05, 3.63) is 47.5 Å². The smallest absolute Gasteiger partial charge is 0.227 e. The lowest BCUT2D eigenvalue weighted by Gasteiger charge is -2.19. The number of hydrogen-bond acceptors (Lipinski definition) is 3. The van der Waals surface area contributed by atoms with Crippen molar-refractivity contribution in [2.24, 2.45) is 0 Å². The second kappa shape index (κ2) is 4.37. The van der Waals surface area contributed by atoms with E-state index in [9.17, 15) is 0 Å². The maximum atomic E-state index is 5.94.